The van der Waals surface area contributed by atoms with Crippen molar-refractivity contribution in [2.24, 2.45) is 0 Å². The average molecular weight is 169 g/mol. The van der Waals surface area contributed by atoms with Crippen molar-refractivity contribution in [2.75, 3.05) is 19.7 Å². The Morgan fingerprint density at radius 1 is 1.18 bits per heavy atom. The molecule has 1 heterocycles. The van der Waals surface area contributed by atoms with Crippen LogP contribution in [0.5, 0.6) is 0 Å². The van der Waals surface area contributed by atoms with Gasteiger partial charge < -0.3 is 0 Å². The fraction of sp³-hybridized carbons (Fsp3) is 1.00. The fourth-order valence-electron chi connectivity index (χ4n) is 0.982. The Labute approximate surface area is 62.9 Å². The Hall–Kier alpha value is -0.290. The van der Waals surface area contributed by atoms with Crippen LogP contribution in [0.3, 0.4) is 0 Å². The lowest BCUT2D eigenvalue weighted by Gasteiger charge is -2.15. The van der Waals surface area contributed by atoms with Crippen molar-refractivity contribution >= 4 is 0 Å². The predicted octanol–water partition coefficient (Wildman–Crippen LogP) is 1.58. The highest BCUT2D eigenvalue weighted by molar-refractivity contribution is 4.57. The zero-order valence-corrected chi connectivity index (χ0v) is 6.02. The molecule has 1 rings (SSSR count). The van der Waals surface area contributed by atoms with Crippen LogP contribution in [-0.4, -0.2) is 30.9 Å². The van der Waals surface area contributed by atoms with E-state index in [1.54, 1.807) is 0 Å². The predicted molar refractivity (Wildman–Crippen MR) is 32.8 cm³/mol. The minimum atomic E-state index is -4.21. The van der Waals surface area contributed by atoms with E-state index in [2.05, 4.69) is 4.84 Å². The summed E-state index contributed by atoms with van der Waals surface area (Å²) in [4.78, 5) is 4.48. The van der Waals surface area contributed by atoms with E-state index in [4.69, 9.17) is 0 Å². The van der Waals surface area contributed by atoms with Crippen molar-refractivity contribution in [1.29, 1.82) is 0 Å². The third-order valence-corrected chi connectivity index (χ3v) is 1.48. The number of hydrogen-bond donors (Lipinski definition) is 0. The number of rotatable bonds is 2. The van der Waals surface area contributed by atoms with Crippen LogP contribution in [0.15, 0.2) is 0 Å². The van der Waals surface area contributed by atoms with Gasteiger partial charge in [-0.25, -0.2) is 0 Å². The summed E-state index contributed by atoms with van der Waals surface area (Å²) in [5, 5.41) is 1.37. The van der Waals surface area contributed by atoms with Crippen LogP contribution in [0.4, 0.5) is 13.2 Å². The molecule has 0 saturated carbocycles. The van der Waals surface area contributed by atoms with Crippen LogP contribution in [0, 0.1) is 0 Å². The molecule has 0 radical (unpaired) electrons. The highest BCUT2D eigenvalue weighted by atomic mass is 19.4. The van der Waals surface area contributed by atoms with Crippen molar-refractivity contribution in [2.45, 2.75) is 19.0 Å². The monoisotopic (exact) mass is 169 g/mol. The normalized spacial score (nSPS) is 21.0. The Kier molecular flexibility index (Phi) is 2.72. The summed E-state index contributed by atoms with van der Waals surface area (Å²) < 4.78 is 34.7. The summed E-state index contributed by atoms with van der Waals surface area (Å²) in [5.41, 5.74) is 0. The van der Waals surface area contributed by atoms with E-state index in [0.717, 1.165) is 12.8 Å². The van der Waals surface area contributed by atoms with Crippen molar-refractivity contribution in [3.63, 3.8) is 0 Å². The molecule has 1 aliphatic rings. The maximum atomic E-state index is 11.6. The van der Waals surface area contributed by atoms with Gasteiger partial charge in [-0.15, -0.1) is 0 Å². The first kappa shape index (κ1) is 8.80. The van der Waals surface area contributed by atoms with Crippen LogP contribution in [0.2, 0.25) is 0 Å². The molecule has 0 unspecified atom stereocenters. The number of halogens is 3. The number of nitrogens with zero attached hydrogens (tertiary/aromatic N) is 1. The van der Waals surface area contributed by atoms with E-state index in [9.17, 15) is 13.2 Å². The fourth-order valence-corrected chi connectivity index (χ4v) is 0.982. The molecular formula is C6H10F3NO. The topological polar surface area (TPSA) is 12.5 Å². The van der Waals surface area contributed by atoms with Gasteiger partial charge in [0.1, 0.15) is 0 Å². The first-order chi connectivity index (χ1) is 5.08. The minimum Gasteiger partial charge on any atom is -0.289 e. The molecule has 0 N–H and O–H groups in total. The first-order valence-electron chi connectivity index (χ1n) is 3.52. The standard InChI is InChI=1S/C6H10F3NO/c7-6(8,9)5-11-10-3-1-2-4-10/h1-5H2. The molecule has 0 aromatic heterocycles. The van der Waals surface area contributed by atoms with Gasteiger partial charge in [0.15, 0.2) is 6.61 Å². The van der Waals surface area contributed by atoms with Crippen molar-refractivity contribution in [1.82, 2.24) is 5.06 Å². The maximum absolute atomic E-state index is 11.6. The zero-order valence-electron chi connectivity index (χ0n) is 6.02. The number of alkyl halides is 3. The van der Waals surface area contributed by atoms with Crippen LogP contribution >= 0.6 is 0 Å². The molecule has 0 bridgehead atoms. The van der Waals surface area contributed by atoms with Gasteiger partial charge in [-0.1, -0.05) is 0 Å². The highest BCUT2D eigenvalue weighted by Crippen LogP contribution is 2.17. The first-order valence-corrected chi connectivity index (χ1v) is 3.52. The summed E-state index contributed by atoms with van der Waals surface area (Å²) in [6, 6.07) is 0. The zero-order chi connectivity index (χ0) is 8.32. The second-order valence-corrected chi connectivity index (χ2v) is 2.52. The van der Waals surface area contributed by atoms with Crippen LogP contribution in [0.25, 0.3) is 0 Å². The van der Waals surface area contributed by atoms with Gasteiger partial charge in [-0.05, 0) is 12.8 Å². The van der Waals surface area contributed by atoms with Crippen LogP contribution in [0.1, 0.15) is 12.8 Å². The lowest BCUT2D eigenvalue weighted by Crippen LogP contribution is -2.27. The van der Waals surface area contributed by atoms with Crippen LogP contribution in [-0.2, 0) is 4.84 Å². The smallest absolute Gasteiger partial charge is 0.289 e. The van der Waals surface area contributed by atoms with E-state index < -0.39 is 12.8 Å². The molecule has 0 amide bonds. The van der Waals surface area contributed by atoms with Gasteiger partial charge in [0, 0.05) is 13.1 Å². The Morgan fingerprint density at radius 2 is 1.73 bits per heavy atom. The molecule has 0 aromatic carbocycles. The molecule has 1 fully saturated rings. The van der Waals surface area contributed by atoms with E-state index >= 15 is 0 Å². The summed E-state index contributed by atoms with van der Waals surface area (Å²) in [6.45, 7) is 0.0825. The summed E-state index contributed by atoms with van der Waals surface area (Å²) in [6.07, 6.45) is -2.35. The maximum Gasteiger partial charge on any atom is 0.413 e. The summed E-state index contributed by atoms with van der Waals surface area (Å²) in [7, 11) is 0. The molecule has 1 aliphatic heterocycles. The van der Waals surface area contributed by atoms with Gasteiger partial charge in [0.2, 0.25) is 0 Å². The van der Waals surface area contributed by atoms with Gasteiger partial charge in [-0.2, -0.15) is 18.2 Å². The number of hydroxylamine groups is 2. The third-order valence-electron chi connectivity index (χ3n) is 1.48. The van der Waals surface area contributed by atoms with Crippen molar-refractivity contribution < 1.29 is 18.0 Å². The molecule has 5 heteroatoms. The third kappa shape index (κ3) is 3.57. The van der Waals surface area contributed by atoms with Gasteiger partial charge in [0.25, 0.3) is 0 Å². The Balaban J connectivity index is 2.11. The van der Waals surface area contributed by atoms with Crippen molar-refractivity contribution in [3.05, 3.63) is 0 Å². The molecule has 1 saturated heterocycles. The molecule has 66 valence electrons. The summed E-state index contributed by atoms with van der Waals surface area (Å²) >= 11 is 0. The Bertz CT molecular complexity index is 119. The van der Waals surface area contributed by atoms with E-state index in [1.807, 2.05) is 0 Å². The highest BCUT2D eigenvalue weighted by Gasteiger charge is 2.29. The Morgan fingerprint density at radius 3 is 2.18 bits per heavy atom. The lowest BCUT2D eigenvalue weighted by atomic mass is 10.4. The molecule has 0 atom stereocenters. The second-order valence-electron chi connectivity index (χ2n) is 2.52. The van der Waals surface area contributed by atoms with Gasteiger partial charge >= 0.3 is 6.18 Å². The van der Waals surface area contributed by atoms with Crippen molar-refractivity contribution in [3.8, 4) is 0 Å². The summed E-state index contributed by atoms with van der Waals surface area (Å²) in [5.74, 6) is 0. The SMILES string of the molecule is FC(F)(F)CON1CCCC1. The minimum absolute atomic E-state index is 0.621. The molecular weight excluding hydrogens is 159 g/mol. The number of hydrogen-bond acceptors (Lipinski definition) is 2. The van der Waals surface area contributed by atoms with E-state index in [-0.39, 0.29) is 0 Å². The van der Waals surface area contributed by atoms with Crippen LogP contribution < -0.4 is 0 Å². The molecule has 0 spiro atoms. The van der Waals surface area contributed by atoms with Gasteiger partial charge in [0.05, 0.1) is 0 Å². The quantitative estimate of drug-likeness (QED) is 0.622. The lowest BCUT2D eigenvalue weighted by molar-refractivity contribution is -0.245. The molecule has 0 aliphatic carbocycles. The van der Waals surface area contributed by atoms with E-state index in [0.29, 0.717) is 13.1 Å². The average Bonchev–Trinajstić information content (AvgIpc) is 2.32. The second kappa shape index (κ2) is 3.40. The largest absolute Gasteiger partial charge is 0.413 e. The van der Waals surface area contributed by atoms with E-state index in [1.165, 1.54) is 5.06 Å². The molecule has 11 heavy (non-hydrogen) atoms. The molecule has 2 nitrogen and oxygen atoms in total. The molecule has 0 aromatic rings. The van der Waals surface area contributed by atoms with Gasteiger partial charge in [-0.3, -0.25) is 4.84 Å².